The van der Waals surface area contributed by atoms with Crippen molar-refractivity contribution >= 4 is 5.97 Å². The maximum absolute atomic E-state index is 10.3. The highest BCUT2D eigenvalue weighted by Crippen LogP contribution is 2.24. The minimum Gasteiger partial charge on any atom is -0.481 e. The topological polar surface area (TPSA) is 57.5 Å². The summed E-state index contributed by atoms with van der Waals surface area (Å²) in [5.74, 6) is -0.722. The van der Waals surface area contributed by atoms with Crippen LogP contribution in [0.4, 0.5) is 0 Å². The molecule has 0 fully saturated rings. The molecule has 0 spiro atoms. The molecule has 0 unspecified atom stereocenters. The average molecular weight is 349 g/mol. The summed E-state index contributed by atoms with van der Waals surface area (Å²) >= 11 is 0. The van der Waals surface area contributed by atoms with Crippen molar-refractivity contribution in [2.45, 2.75) is 71.6 Å². The number of rotatable bonds is 15. The van der Waals surface area contributed by atoms with Gasteiger partial charge in [0.05, 0.1) is 0 Å². The van der Waals surface area contributed by atoms with Crippen LogP contribution in [0.5, 0.6) is 0 Å². The summed E-state index contributed by atoms with van der Waals surface area (Å²) in [5.41, 5.74) is 0.208. The van der Waals surface area contributed by atoms with E-state index in [1.165, 1.54) is 0 Å². The Morgan fingerprint density at radius 3 is 1.96 bits per heavy atom. The van der Waals surface area contributed by atoms with Crippen LogP contribution in [-0.4, -0.2) is 22.8 Å². The van der Waals surface area contributed by atoms with Crippen LogP contribution in [0, 0.1) is 5.41 Å². The average Bonchev–Trinajstić information content (AvgIpc) is 2.55. The van der Waals surface area contributed by atoms with Crippen LogP contribution in [0.15, 0.2) is 48.6 Å². The fourth-order valence-corrected chi connectivity index (χ4v) is 2.37. The highest BCUT2D eigenvalue weighted by molar-refractivity contribution is 5.66. The van der Waals surface area contributed by atoms with Crippen LogP contribution in [0.1, 0.15) is 71.6 Å². The molecular formula is C22H36O3. The van der Waals surface area contributed by atoms with Crippen molar-refractivity contribution in [3.8, 4) is 0 Å². The molecule has 0 saturated carbocycles. The van der Waals surface area contributed by atoms with Crippen molar-refractivity contribution in [1.29, 1.82) is 0 Å². The van der Waals surface area contributed by atoms with Gasteiger partial charge < -0.3 is 10.2 Å². The van der Waals surface area contributed by atoms with Gasteiger partial charge in [-0.3, -0.25) is 4.79 Å². The Balaban J connectivity index is 3.69. The Kier molecular flexibility index (Phi) is 14.9. The quantitative estimate of drug-likeness (QED) is 0.289. The number of carbonyl (C=O) groups is 1. The molecule has 0 aromatic heterocycles. The van der Waals surface area contributed by atoms with E-state index in [4.69, 9.17) is 10.2 Å². The van der Waals surface area contributed by atoms with Crippen molar-refractivity contribution in [3.63, 3.8) is 0 Å². The summed E-state index contributed by atoms with van der Waals surface area (Å²) < 4.78 is 0. The van der Waals surface area contributed by atoms with Crippen molar-refractivity contribution in [1.82, 2.24) is 0 Å². The predicted molar refractivity (Wildman–Crippen MR) is 107 cm³/mol. The third-order valence-corrected chi connectivity index (χ3v) is 3.88. The van der Waals surface area contributed by atoms with Gasteiger partial charge in [-0.15, -0.1) is 0 Å². The Bertz CT molecular complexity index is 442. The molecule has 0 aliphatic carbocycles. The molecule has 0 aromatic carbocycles. The van der Waals surface area contributed by atoms with Crippen LogP contribution in [-0.2, 0) is 4.79 Å². The molecule has 0 amide bonds. The van der Waals surface area contributed by atoms with Gasteiger partial charge in [-0.05, 0) is 50.4 Å². The maximum Gasteiger partial charge on any atom is 0.303 e. The molecule has 142 valence electrons. The normalized spacial score (nSPS) is 13.1. The first kappa shape index (κ1) is 23.4. The molecule has 0 aliphatic rings. The van der Waals surface area contributed by atoms with Gasteiger partial charge in [-0.2, -0.15) is 0 Å². The third kappa shape index (κ3) is 18.6. The lowest BCUT2D eigenvalue weighted by atomic mass is 9.86. The number of carboxylic acids is 1. The van der Waals surface area contributed by atoms with Crippen molar-refractivity contribution < 1.29 is 15.0 Å². The number of unbranched alkanes of at least 4 members (excludes halogenated alkanes) is 2. The third-order valence-electron chi connectivity index (χ3n) is 3.88. The predicted octanol–water partition coefficient (Wildman–Crippen LogP) is 5.83. The van der Waals surface area contributed by atoms with Gasteiger partial charge in [0.15, 0.2) is 0 Å². The van der Waals surface area contributed by atoms with E-state index in [2.05, 4.69) is 62.5 Å². The zero-order valence-electron chi connectivity index (χ0n) is 16.0. The summed E-state index contributed by atoms with van der Waals surface area (Å²) in [6.07, 6.45) is 25.0. The fraction of sp³-hybridized carbons (Fsp3) is 0.591. The van der Waals surface area contributed by atoms with E-state index in [0.29, 0.717) is 6.42 Å². The zero-order valence-corrected chi connectivity index (χ0v) is 16.0. The SMILES string of the molecule is CC(C)(/C=C\C/C=C\C/C=C\C/C=C\CCCC(=O)O)CCCCO. The molecule has 25 heavy (non-hydrogen) atoms. The lowest BCUT2D eigenvalue weighted by Gasteiger charge is -2.19. The molecule has 0 aromatic rings. The van der Waals surface area contributed by atoms with E-state index in [-0.39, 0.29) is 18.4 Å². The van der Waals surface area contributed by atoms with Crippen LogP contribution < -0.4 is 0 Å². The van der Waals surface area contributed by atoms with Crippen molar-refractivity contribution in [2.24, 2.45) is 5.41 Å². The molecular weight excluding hydrogens is 312 g/mol. The first-order valence-electron chi connectivity index (χ1n) is 9.43. The number of aliphatic hydroxyl groups is 1. The number of carboxylic acid groups (broad SMARTS) is 1. The molecule has 2 N–H and O–H groups in total. The highest BCUT2D eigenvalue weighted by Gasteiger charge is 2.12. The van der Waals surface area contributed by atoms with E-state index in [9.17, 15) is 4.79 Å². The highest BCUT2D eigenvalue weighted by atomic mass is 16.4. The molecule has 0 heterocycles. The molecule has 0 radical (unpaired) electrons. The minimum atomic E-state index is -0.722. The molecule has 3 nitrogen and oxygen atoms in total. The van der Waals surface area contributed by atoms with Gasteiger partial charge >= 0.3 is 5.97 Å². The van der Waals surface area contributed by atoms with Crippen LogP contribution in [0.2, 0.25) is 0 Å². The molecule has 0 atom stereocenters. The van der Waals surface area contributed by atoms with E-state index in [1.54, 1.807) is 0 Å². The van der Waals surface area contributed by atoms with E-state index < -0.39 is 5.97 Å². The summed E-state index contributed by atoms with van der Waals surface area (Å²) in [5, 5.41) is 17.3. The van der Waals surface area contributed by atoms with Gasteiger partial charge in [-0.25, -0.2) is 0 Å². The van der Waals surface area contributed by atoms with Gasteiger partial charge in [0.2, 0.25) is 0 Å². The lowest BCUT2D eigenvalue weighted by molar-refractivity contribution is -0.137. The van der Waals surface area contributed by atoms with Gasteiger partial charge in [-0.1, -0.05) is 68.9 Å². The van der Waals surface area contributed by atoms with Crippen LogP contribution in [0.25, 0.3) is 0 Å². The van der Waals surface area contributed by atoms with Crippen molar-refractivity contribution in [3.05, 3.63) is 48.6 Å². The summed E-state index contributed by atoms with van der Waals surface area (Å²) in [4.78, 5) is 10.3. The van der Waals surface area contributed by atoms with Gasteiger partial charge in [0.25, 0.3) is 0 Å². The lowest BCUT2D eigenvalue weighted by Crippen LogP contribution is -2.07. The van der Waals surface area contributed by atoms with Gasteiger partial charge in [0.1, 0.15) is 0 Å². The Morgan fingerprint density at radius 2 is 1.40 bits per heavy atom. The van der Waals surface area contributed by atoms with Crippen molar-refractivity contribution in [2.75, 3.05) is 6.61 Å². The number of hydrogen-bond acceptors (Lipinski definition) is 2. The van der Waals surface area contributed by atoms with Crippen LogP contribution >= 0.6 is 0 Å². The monoisotopic (exact) mass is 348 g/mol. The first-order chi connectivity index (χ1) is 12.0. The minimum absolute atomic E-state index is 0.208. The first-order valence-corrected chi connectivity index (χ1v) is 9.43. The molecule has 0 bridgehead atoms. The molecule has 3 heteroatoms. The van der Waals surface area contributed by atoms with E-state index >= 15 is 0 Å². The summed E-state index contributed by atoms with van der Waals surface area (Å²) in [6, 6.07) is 0. The van der Waals surface area contributed by atoms with Crippen LogP contribution in [0.3, 0.4) is 0 Å². The largest absolute Gasteiger partial charge is 0.481 e. The summed E-state index contributed by atoms with van der Waals surface area (Å²) in [6.45, 7) is 4.77. The fourth-order valence-electron chi connectivity index (χ4n) is 2.37. The second-order valence-electron chi connectivity index (χ2n) is 6.98. The maximum atomic E-state index is 10.3. The Labute approximate surface area is 153 Å². The zero-order chi connectivity index (χ0) is 18.8. The Hall–Kier alpha value is -1.61. The standard InChI is InChI=1S/C22H36O3/c1-22(2,19-15-16-20-23)18-14-12-10-8-6-4-3-5-7-9-11-13-17-21(24)25/h3-4,7-10,14,18,23H,5-6,11-13,15-17,19-20H2,1-2H3,(H,24,25)/b4-3-,9-7-,10-8-,18-14-. The number of allylic oxidation sites excluding steroid dienone is 8. The second kappa shape index (κ2) is 15.9. The smallest absolute Gasteiger partial charge is 0.303 e. The second-order valence-corrected chi connectivity index (χ2v) is 6.98. The van der Waals surface area contributed by atoms with Gasteiger partial charge in [0, 0.05) is 13.0 Å². The number of aliphatic hydroxyl groups excluding tert-OH is 1. The number of hydrogen-bond donors (Lipinski definition) is 2. The van der Waals surface area contributed by atoms with E-state index in [1.807, 2.05) is 0 Å². The molecule has 0 saturated heterocycles. The molecule has 0 rings (SSSR count). The molecule has 0 aliphatic heterocycles. The van der Waals surface area contributed by atoms with E-state index in [0.717, 1.165) is 44.9 Å². The number of aliphatic carboxylic acids is 1. The Morgan fingerprint density at radius 1 is 0.840 bits per heavy atom. The summed E-state index contributed by atoms with van der Waals surface area (Å²) in [7, 11) is 0.